The lowest BCUT2D eigenvalue weighted by atomic mass is 10.1. The first kappa shape index (κ1) is 23.5. The van der Waals surface area contributed by atoms with E-state index in [0.29, 0.717) is 29.0 Å². The largest absolute Gasteiger partial charge is 0.484 e. The van der Waals surface area contributed by atoms with Crippen molar-refractivity contribution in [3.05, 3.63) is 65.2 Å². The Bertz CT molecular complexity index is 873. The molecule has 0 spiro atoms. The minimum Gasteiger partial charge on any atom is -0.484 e. The molecule has 0 aromatic heterocycles. The normalized spacial score (nSPS) is 14.3. The van der Waals surface area contributed by atoms with E-state index in [-0.39, 0.29) is 12.5 Å². The molecule has 1 amide bonds. The van der Waals surface area contributed by atoms with Crippen LogP contribution in [0.4, 0.5) is 0 Å². The van der Waals surface area contributed by atoms with Crippen molar-refractivity contribution in [3.63, 3.8) is 0 Å². The molecular formula is C24H29N3O2S2. The van der Waals surface area contributed by atoms with Crippen LogP contribution in [0.5, 0.6) is 5.75 Å². The first-order valence-electron chi connectivity index (χ1n) is 10.4. The van der Waals surface area contributed by atoms with E-state index in [1.807, 2.05) is 66.8 Å². The van der Waals surface area contributed by atoms with E-state index < -0.39 is 0 Å². The highest BCUT2D eigenvalue weighted by molar-refractivity contribution is 8.16. The molecule has 1 aliphatic heterocycles. The van der Waals surface area contributed by atoms with Crippen LogP contribution in [0.3, 0.4) is 0 Å². The number of benzene rings is 2. The summed E-state index contributed by atoms with van der Waals surface area (Å²) in [4.78, 5) is 16.8. The second-order valence-electron chi connectivity index (χ2n) is 7.71. The molecule has 1 heterocycles. The number of hydrogen-bond donors (Lipinski definition) is 0. The molecule has 0 aliphatic carbocycles. The number of hydrogen-bond acceptors (Lipinski definition) is 6. The lowest BCUT2D eigenvalue weighted by molar-refractivity contribution is -0.134. The summed E-state index contributed by atoms with van der Waals surface area (Å²) >= 11 is 3.99. The highest BCUT2D eigenvalue weighted by Gasteiger charge is 2.18. The van der Waals surface area contributed by atoms with Crippen LogP contribution in [0, 0.1) is 11.3 Å². The summed E-state index contributed by atoms with van der Waals surface area (Å²) in [5, 5.41) is 8.97. The summed E-state index contributed by atoms with van der Waals surface area (Å²) in [5.41, 5.74) is 2.92. The molecule has 164 valence electrons. The number of thioether (sulfide) groups is 2. The van der Waals surface area contributed by atoms with Crippen LogP contribution in [0.1, 0.15) is 27.7 Å². The maximum Gasteiger partial charge on any atom is 0.260 e. The number of likely N-dealkylation sites (N-methyl/N-ethyl adjacent to an activating group) is 1. The summed E-state index contributed by atoms with van der Waals surface area (Å²) in [7, 11) is 3.98. The van der Waals surface area contributed by atoms with Crippen LogP contribution < -0.4 is 4.74 Å². The number of rotatable bonds is 9. The molecular weight excluding hydrogens is 426 g/mol. The van der Waals surface area contributed by atoms with E-state index in [2.05, 4.69) is 23.1 Å². The van der Waals surface area contributed by atoms with Gasteiger partial charge < -0.3 is 14.5 Å². The minimum absolute atomic E-state index is 0.00990. The van der Waals surface area contributed by atoms with Crippen LogP contribution in [0.25, 0.3) is 0 Å². The number of carbonyl (C=O) groups excluding carboxylic acids is 1. The van der Waals surface area contributed by atoms with Crippen LogP contribution in [-0.2, 0) is 11.3 Å². The average molecular weight is 456 g/mol. The van der Waals surface area contributed by atoms with Gasteiger partial charge in [0.25, 0.3) is 5.91 Å². The summed E-state index contributed by atoms with van der Waals surface area (Å²) in [6, 6.07) is 17.6. The highest BCUT2D eigenvalue weighted by atomic mass is 32.2. The quantitative estimate of drug-likeness (QED) is 0.559. The van der Waals surface area contributed by atoms with Gasteiger partial charge in [-0.25, -0.2) is 0 Å². The predicted octanol–water partition coefficient (Wildman–Crippen LogP) is 4.40. The Labute approximate surface area is 193 Å². The van der Waals surface area contributed by atoms with Gasteiger partial charge in [0, 0.05) is 19.6 Å². The van der Waals surface area contributed by atoms with E-state index in [9.17, 15) is 4.79 Å². The second kappa shape index (κ2) is 12.0. The maximum atomic E-state index is 12.9. The Morgan fingerprint density at radius 2 is 1.74 bits per heavy atom. The zero-order valence-electron chi connectivity index (χ0n) is 18.1. The van der Waals surface area contributed by atoms with Crippen molar-refractivity contribution in [1.29, 1.82) is 5.26 Å². The average Bonchev–Trinajstić information content (AvgIpc) is 2.81. The van der Waals surface area contributed by atoms with Crippen molar-refractivity contribution < 1.29 is 9.53 Å². The molecule has 0 N–H and O–H groups in total. The first-order valence-corrected chi connectivity index (χ1v) is 12.5. The Morgan fingerprint density at radius 3 is 2.35 bits per heavy atom. The highest BCUT2D eigenvalue weighted by Crippen LogP contribution is 2.43. The molecule has 0 unspecified atom stereocenters. The first-order chi connectivity index (χ1) is 15.0. The number of amides is 1. The molecule has 1 saturated heterocycles. The van der Waals surface area contributed by atoms with Gasteiger partial charge in [-0.2, -0.15) is 5.26 Å². The van der Waals surface area contributed by atoms with Gasteiger partial charge in [0.15, 0.2) is 6.61 Å². The van der Waals surface area contributed by atoms with Crippen molar-refractivity contribution >= 4 is 29.4 Å². The minimum atomic E-state index is -0.0475. The third-order valence-corrected chi connectivity index (χ3v) is 7.98. The van der Waals surface area contributed by atoms with Gasteiger partial charge in [-0.1, -0.05) is 24.3 Å². The van der Waals surface area contributed by atoms with E-state index in [0.717, 1.165) is 12.1 Å². The maximum absolute atomic E-state index is 12.9. The summed E-state index contributed by atoms with van der Waals surface area (Å²) in [5.74, 6) is 3.10. The molecule has 7 heteroatoms. The monoisotopic (exact) mass is 455 g/mol. The fourth-order valence-electron chi connectivity index (χ4n) is 3.16. The molecule has 1 aliphatic rings. The third-order valence-electron chi connectivity index (χ3n) is 4.97. The zero-order chi connectivity index (χ0) is 22.1. The van der Waals surface area contributed by atoms with Crippen LogP contribution in [-0.4, -0.2) is 61.0 Å². The van der Waals surface area contributed by atoms with Gasteiger partial charge in [-0.3, -0.25) is 4.79 Å². The molecule has 0 bridgehead atoms. The lowest BCUT2D eigenvalue weighted by Crippen LogP contribution is -2.38. The van der Waals surface area contributed by atoms with Crippen LogP contribution in [0.2, 0.25) is 0 Å². The van der Waals surface area contributed by atoms with Gasteiger partial charge in [0.05, 0.1) is 16.2 Å². The van der Waals surface area contributed by atoms with Gasteiger partial charge in [-0.05, 0) is 67.4 Å². The second-order valence-corrected chi connectivity index (χ2v) is 10.4. The molecule has 5 nitrogen and oxygen atoms in total. The molecule has 31 heavy (non-hydrogen) atoms. The summed E-state index contributed by atoms with van der Waals surface area (Å²) < 4.78 is 6.31. The SMILES string of the molecule is CN(C)CCN(Cc1ccc(C#N)cc1)C(=O)COc1ccc(C2SCCCS2)cc1. The Balaban J connectivity index is 1.57. The number of carbonyl (C=O) groups is 1. The van der Waals surface area contributed by atoms with Gasteiger partial charge in [-0.15, -0.1) is 23.5 Å². The van der Waals surface area contributed by atoms with Crippen LogP contribution >= 0.6 is 23.5 Å². The van der Waals surface area contributed by atoms with E-state index in [1.54, 1.807) is 12.1 Å². The summed E-state index contributed by atoms with van der Waals surface area (Å²) in [6.07, 6.45) is 1.28. The molecule has 0 atom stereocenters. The fourth-order valence-corrected chi connectivity index (χ4v) is 6.05. The third kappa shape index (κ3) is 7.49. The number of nitriles is 1. The van der Waals surface area contributed by atoms with Gasteiger partial charge >= 0.3 is 0 Å². The van der Waals surface area contributed by atoms with Crippen molar-refractivity contribution in [2.75, 3.05) is 45.3 Å². The van der Waals surface area contributed by atoms with E-state index in [1.165, 1.54) is 23.5 Å². The lowest BCUT2D eigenvalue weighted by Gasteiger charge is -2.25. The molecule has 0 saturated carbocycles. The van der Waals surface area contributed by atoms with E-state index in [4.69, 9.17) is 10.00 Å². The van der Waals surface area contributed by atoms with Crippen LogP contribution in [0.15, 0.2) is 48.5 Å². The topological polar surface area (TPSA) is 56.6 Å². The Kier molecular flexibility index (Phi) is 9.13. The Hall–Kier alpha value is -2.14. The molecule has 2 aromatic carbocycles. The van der Waals surface area contributed by atoms with Gasteiger partial charge in [0.1, 0.15) is 5.75 Å². The Morgan fingerprint density at radius 1 is 1.06 bits per heavy atom. The fraction of sp³-hybridized carbons (Fsp3) is 0.417. The summed E-state index contributed by atoms with van der Waals surface area (Å²) in [6.45, 7) is 1.89. The zero-order valence-corrected chi connectivity index (χ0v) is 19.8. The smallest absolute Gasteiger partial charge is 0.260 e. The number of ether oxygens (including phenoxy) is 1. The molecule has 3 rings (SSSR count). The molecule has 1 fully saturated rings. The molecule has 0 radical (unpaired) electrons. The van der Waals surface area contributed by atoms with Crippen molar-refractivity contribution in [2.24, 2.45) is 0 Å². The standard InChI is InChI=1S/C24H29N3O2S2/c1-26(2)12-13-27(17-20-6-4-19(16-25)5-7-20)23(28)18-29-22-10-8-21(9-11-22)24-30-14-3-15-31-24/h4-11,24H,3,12-15,17-18H2,1-2H3. The van der Waals surface area contributed by atoms with Gasteiger partial charge in [0.2, 0.25) is 0 Å². The van der Waals surface area contributed by atoms with Crippen molar-refractivity contribution in [3.8, 4) is 11.8 Å². The molecule has 2 aromatic rings. The predicted molar refractivity (Wildman–Crippen MR) is 129 cm³/mol. The van der Waals surface area contributed by atoms with E-state index >= 15 is 0 Å². The number of nitrogens with zero attached hydrogens (tertiary/aromatic N) is 3. The van der Waals surface area contributed by atoms with Crippen molar-refractivity contribution in [1.82, 2.24) is 9.80 Å². The van der Waals surface area contributed by atoms with Crippen molar-refractivity contribution in [2.45, 2.75) is 17.5 Å².